The molecule has 0 bridgehead atoms. The van der Waals surface area contributed by atoms with E-state index in [2.05, 4.69) is 9.82 Å². The van der Waals surface area contributed by atoms with Gasteiger partial charge in [0.2, 0.25) is 0 Å². The largest absolute Gasteiger partial charge is 0.468 e. The standard InChI is InChI=1S/C4H8Cl2NO3P/c1-3(4(8)10-2)7-11(5,6)9/h3H,1-2H3,(H,7,9). The van der Waals surface area contributed by atoms with Gasteiger partial charge in [-0.2, -0.15) is 0 Å². The summed E-state index contributed by atoms with van der Waals surface area (Å²) >= 11 is 10.3. The van der Waals surface area contributed by atoms with Gasteiger partial charge in [0.1, 0.15) is 6.04 Å². The summed E-state index contributed by atoms with van der Waals surface area (Å²) in [5.74, 6) is -3.96. The molecule has 0 heterocycles. The number of methoxy groups -OCH3 is 1. The van der Waals surface area contributed by atoms with Crippen molar-refractivity contribution in [2.24, 2.45) is 0 Å². The third-order valence-electron chi connectivity index (χ3n) is 0.899. The molecule has 0 fully saturated rings. The molecular formula is C4H8Cl2NO3P. The van der Waals surface area contributed by atoms with Crippen molar-refractivity contribution < 1.29 is 14.1 Å². The molecule has 4 nitrogen and oxygen atoms in total. The summed E-state index contributed by atoms with van der Waals surface area (Å²) in [5.41, 5.74) is 0. The fraction of sp³-hybridized carbons (Fsp3) is 0.750. The minimum atomic E-state index is -3.40. The van der Waals surface area contributed by atoms with Crippen molar-refractivity contribution in [3.63, 3.8) is 0 Å². The van der Waals surface area contributed by atoms with Crippen molar-refractivity contribution in [3.05, 3.63) is 0 Å². The molecule has 0 rings (SSSR count). The maximum absolute atomic E-state index is 10.7. The monoisotopic (exact) mass is 219 g/mol. The quantitative estimate of drug-likeness (QED) is 0.581. The van der Waals surface area contributed by atoms with Crippen LogP contribution in [0.3, 0.4) is 0 Å². The number of hydrogen-bond acceptors (Lipinski definition) is 3. The smallest absolute Gasteiger partial charge is 0.323 e. The van der Waals surface area contributed by atoms with E-state index in [1.807, 2.05) is 0 Å². The lowest BCUT2D eigenvalue weighted by molar-refractivity contribution is -0.142. The number of esters is 1. The number of carbonyl (C=O) groups is 1. The lowest BCUT2D eigenvalue weighted by Crippen LogP contribution is -2.30. The van der Waals surface area contributed by atoms with E-state index in [1.165, 1.54) is 14.0 Å². The topological polar surface area (TPSA) is 55.4 Å². The molecule has 0 aromatic rings. The SMILES string of the molecule is COC(=O)C(C)NP(=O)(Cl)Cl. The lowest BCUT2D eigenvalue weighted by atomic mass is 10.4. The van der Waals surface area contributed by atoms with Crippen LogP contribution in [0.1, 0.15) is 6.92 Å². The minimum Gasteiger partial charge on any atom is -0.468 e. The Labute approximate surface area is 74.2 Å². The average molecular weight is 220 g/mol. The van der Waals surface area contributed by atoms with E-state index in [9.17, 15) is 9.36 Å². The summed E-state index contributed by atoms with van der Waals surface area (Å²) in [7, 11) is 1.22. The number of hydrogen-bond donors (Lipinski definition) is 1. The first-order chi connectivity index (χ1) is 4.87. The van der Waals surface area contributed by atoms with Crippen LogP contribution in [0.4, 0.5) is 0 Å². The van der Waals surface area contributed by atoms with Gasteiger partial charge in [-0.25, -0.2) is 5.09 Å². The van der Waals surface area contributed by atoms with E-state index in [-0.39, 0.29) is 0 Å². The zero-order valence-corrected chi connectivity index (χ0v) is 8.41. The Bertz CT molecular complexity index is 192. The van der Waals surface area contributed by atoms with Gasteiger partial charge in [-0.1, -0.05) is 0 Å². The average Bonchev–Trinajstić information content (AvgIpc) is 1.82. The second-order valence-electron chi connectivity index (χ2n) is 1.84. The Balaban J connectivity index is 3.98. The van der Waals surface area contributed by atoms with Crippen LogP contribution >= 0.6 is 28.5 Å². The highest BCUT2D eigenvalue weighted by Crippen LogP contribution is 2.52. The summed E-state index contributed by atoms with van der Waals surface area (Å²) in [6.07, 6.45) is 0. The molecule has 66 valence electrons. The van der Waals surface area contributed by atoms with Crippen LogP contribution in [0.25, 0.3) is 0 Å². The number of carbonyl (C=O) groups excluding carboxylic acids is 1. The first-order valence-corrected chi connectivity index (χ1v) is 6.23. The first-order valence-electron chi connectivity index (χ1n) is 2.72. The van der Waals surface area contributed by atoms with Gasteiger partial charge in [-0.15, -0.1) is 0 Å². The number of nitrogens with one attached hydrogen (secondary N) is 1. The molecule has 0 aliphatic heterocycles. The van der Waals surface area contributed by atoms with E-state index in [0.717, 1.165) is 0 Å². The molecule has 0 aliphatic carbocycles. The van der Waals surface area contributed by atoms with Gasteiger partial charge in [0.15, 0.2) is 0 Å². The first kappa shape index (κ1) is 11.2. The Morgan fingerprint density at radius 1 is 1.64 bits per heavy atom. The van der Waals surface area contributed by atoms with E-state index in [4.69, 9.17) is 22.5 Å². The van der Waals surface area contributed by atoms with Crippen LogP contribution in [-0.2, 0) is 14.1 Å². The van der Waals surface area contributed by atoms with Gasteiger partial charge >= 0.3 is 12.0 Å². The van der Waals surface area contributed by atoms with Gasteiger partial charge in [0.05, 0.1) is 7.11 Å². The summed E-state index contributed by atoms with van der Waals surface area (Å²) in [6, 6.07) is -0.763. The maximum Gasteiger partial charge on any atom is 0.323 e. The Morgan fingerprint density at radius 3 is 2.36 bits per heavy atom. The zero-order chi connectivity index (χ0) is 9.07. The molecule has 7 heteroatoms. The number of rotatable bonds is 3. The maximum atomic E-state index is 10.7. The molecule has 0 radical (unpaired) electrons. The van der Waals surface area contributed by atoms with Crippen molar-refractivity contribution in [2.45, 2.75) is 13.0 Å². The summed E-state index contributed by atoms with van der Waals surface area (Å²) in [4.78, 5) is 10.7. The van der Waals surface area contributed by atoms with Gasteiger partial charge in [0, 0.05) is 0 Å². The predicted molar refractivity (Wildman–Crippen MR) is 43.9 cm³/mol. The van der Waals surface area contributed by atoms with Crippen LogP contribution < -0.4 is 5.09 Å². The summed E-state index contributed by atoms with van der Waals surface area (Å²) in [5, 5.41) is 2.18. The highest BCUT2D eigenvalue weighted by atomic mass is 35.9. The van der Waals surface area contributed by atoms with E-state index >= 15 is 0 Å². The third kappa shape index (κ3) is 5.50. The third-order valence-corrected chi connectivity index (χ3v) is 2.17. The molecule has 0 amide bonds. The molecule has 0 spiro atoms. The van der Waals surface area contributed by atoms with E-state index < -0.39 is 18.0 Å². The number of ether oxygens (including phenoxy) is 1. The van der Waals surface area contributed by atoms with Crippen molar-refractivity contribution in [2.75, 3.05) is 7.11 Å². The fourth-order valence-electron chi connectivity index (χ4n) is 0.455. The molecule has 0 aromatic carbocycles. The zero-order valence-electron chi connectivity index (χ0n) is 6.01. The summed E-state index contributed by atoms with van der Waals surface area (Å²) < 4.78 is 15.0. The Morgan fingerprint density at radius 2 is 2.09 bits per heavy atom. The molecule has 0 saturated heterocycles. The van der Waals surface area contributed by atoms with E-state index in [0.29, 0.717) is 0 Å². The van der Waals surface area contributed by atoms with Gasteiger partial charge in [0.25, 0.3) is 0 Å². The molecule has 0 saturated carbocycles. The van der Waals surface area contributed by atoms with Crippen molar-refractivity contribution in [1.29, 1.82) is 0 Å². The predicted octanol–water partition coefficient (Wildman–Crippen LogP) is 1.72. The molecule has 1 atom stereocenters. The van der Waals surface area contributed by atoms with Gasteiger partial charge in [-0.05, 0) is 29.4 Å². The minimum absolute atomic E-state index is 0.563. The van der Waals surface area contributed by atoms with Crippen LogP contribution in [0, 0.1) is 0 Å². The number of halogens is 2. The van der Waals surface area contributed by atoms with Gasteiger partial charge in [-0.3, -0.25) is 9.36 Å². The van der Waals surface area contributed by atoms with Crippen LogP contribution in [0.5, 0.6) is 0 Å². The molecular weight excluding hydrogens is 212 g/mol. The molecule has 1 unspecified atom stereocenters. The van der Waals surface area contributed by atoms with Crippen molar-refractivity contribution >= 4 is 34.4 Å². The van der Waals surface area contributed by atoms with Crippen LogP contribution in [0.2, 0.25) is 0 Å². The Kier molecular flexibility index (Phi) is 4.41. The normalized spacial score (nSPS) is 14.2. The Hall–Kier alpha value is 0.240. The molecule has 1 N–H and O–H groups in total. The van der Waals surface area contributed by atoms with Crippen LogP contribution in [-0.4, -0.2) is 19.1 Å². The fourth-order valence-corrected chi connectivity index (χ4v) is 1.89. The molecule has 11 heavy (non-hydrogen) atoms. The van der Waals surface area contributed by atoms with Crippen molar-refractivity contribution in [1.82, 2.24) is 5.09 Å². The molecule has 0 aromatic heterocycles. The van der Waals surface area contributed by atoms with Crippen LogP contribution in [0.15, 0.2) is 0 Å². The highest BCUT2D eigenvalue weighted by Gasteiger charge is 2.22. The van der Waals surface area contributed by atoms with E-state index in [1.54, 1.807) is 0 Å². The highest BCUT2D eigenvalue weighted by molar-refractivity contribution is 8.07. The second kappa shape index (κ2) is 4.31. The lowest BCUT2D eigenvalue weighted by Gasteiger charge is -2.10. The van der Waals surface area contributed by atoms with Crippen molar-refractivity contribution in [3.8, 4) is 0 Å². The van der Waals surface area contributed by atoms with Gasteiger partial charge < -0.3 is 4.74 Å². The summed E-state index contributed by atoms with van der Waals surface area (Å²) in [6.45, 7) is 1.45. The second-order valence-corrected chi connectivity index (χ2v) is 6.39. The molecule has 0 aliphatic rings.